The van der Waals surface area contributed by atoms with Gasteiger partial charge in [-0.05, 0) is 18.2 Å². The van der Waals surface area contributed by atoms with Crippen molar-refractivity contribution in [1.29, 1.82) is 0 Å². The number of methoxy groups -OCH3 is 2. The van der Waals surface area contributed by atoms with Gasteiger partial charge in [-0.15, -0.1) is 11.3 Å². The monoisotopic (exact) mass is 384 g/mol. The van der Waals surface area contributed by atoms with E-state index in [1.165, 1.54) is 18.4 Å². The van der Waals surface area contributed by atoms with Crippen LogP contribution in [0.15, 0.2) is 52.1 Å². The highest BCUT2D eigenvalue weighted by Gasteiger charge is 2.15. The third kappa shape index (κ3) is 2.93. The number of nitrogens with zero attached hydrogens (tertiary/aromatic N) is 1. The highest BCUT2D eigenvalue weighted by molar-refractivity contribution is 7.25. The van der Waals surface area contributed by atoms with Crippen molar-refractivity contribution < 1.29 is 14.3 Å². The molecule has 0 aliphatic carbocycles. The second kappa shape index (κ2) is 6.81. The van der Waals surface area contributed by atoms with Crippen molar-refractivity contribution in [3.8, 4) is 11.5 Å². The van der Waals surface area contributed by atoms with Crippen LogP contribution < -0.4 is 25.6 Å². The number of benzene rings is 2. The molecule has 138 valence electrons. The summed E-state index contributed by atoms with van der Waals surface area (Å²) in [5.41, 5.74) is 0.111. The van der Waals surface area contributed by atoms with Gasteiger partial charge in [0.05, 0.1) is 19.7 Å². The smallest absolute Gasteiger partial charge is 0.362 e. The van der Waals surface area contributed by atoms with E-state index < -0.39 is 11.2 Å². The van der Waals surface area contributed by atoms with Crippen molar-refractivity contribution in [2.45, 2.75) is 6.61 Å². The largest absolute Gasteiger partial charge is 0.497 e. The Morgan fingerprint density at radius 3 is 2.67 bits per heavy atom. The average molecular weight is 384 g/mol. The zero-order chi connectivity index (χ0) is 19.0. The summed E-state index contributed by atoms with van der Waals surface area (Å²) < 4.78 is 12.6. The predicted molar refractivity (Wildman–Crippen MR) is 104 cm³/mol. The minimum atomic E-state index is -0.622. The first-order valence-corrected chi connectivity index (χ1v) is 8.95. The Morgan fingerprint density at radius 1 is 1.07 bits per heavy atom. The molecular formula is C19H16N2O5S. The quantitative estimate of drug-likeness (QED) is 0.572. The molecule has 0 amide bonds. The summed E-state index contributed by atoms with van der Waals surface area (Å²) in [6, 6.07) is 12.8. The fourth-order valence-corrected chi connectivity index (χ4v) is 3.96. The van der Waals surface area contributed by atoms with Crippen LogP contribution in [0, 0.1) is 0 Å². The molecule has 1 N–H and O–H groups in total. The summed E-state index contributed by atoms with van der Waals surface area (Å²) in [5.74, 6) is 1.18. The maximum Gasteiger partial charge on any atom is 0.362 e. The van der Waals surface area contributed by atoms with Crippen LogP contribution >= 0.6 is 11.3 Å². The van der Waals surface area contributed by atoms with Crippen molar-refractivity contribution in [3.63, 3.8) is 0 Å². The maximum absolute atomic E-state index is 12.8. The summed E-state index contributed by atoms with van der Waals surface area (Å²) >= 11 is 1.32. The van der Waals surface area contributed by atoms with E-state index in [4.69, 9.17) is 14.3 Å². The van der Waals surface area contributed by atoms with Crippen LogP contribution in [-0.2, 0) is 6.61 Å². The van der Waals surface area contributed by atoms with Crippen LogP contribution in [0.25, 0.3) is 20.3 Å². The van der Waals surface area contributed by atoms with Crippen molar-refractivity contribution >= 4 is 31.6 Å². The molecule has 0 aliphatic rings. The number of ether oxygens (including phenoxy) is 2. The van der Waals surface area contributed by atoms with Gasteiger partial charge in [-0.25, -0.2) is 4.79 Å². The number of nitrogens with one attached hydrogen (secondary N) is 1. The Morgan fingerprint density at radius 2 is 1.89 bits per heavy atom. The lowest BCUT2D eigenvalue weighted by atomic mass is 10.2. The van der Waals surface area contributed by atoms with E-state index in [0.717, 1.165) is 14.8 Å². The molecule has 0 spiro atoms. The van der Waals surface area contributed by atoms with Gasteiger partial charge in [-0.2, -0.15) is 0 Å². The van der Waals surface area contributed by atoms with E-state index in [0.29, 0.717) is 27.3 Å². The molecule has 4 rings (SSSR count). The van der Waals surface area contributed by atoms with Gasteiger partial charge in [0.2, 0.25) is 0 Å². The molecule has 2 aromatic carbocycles. The van der Waals surface area contributed by atoms with Crippen LogP contribution in [0.3, 0.4) is 0 Å². The third-order valence-corrected chi connectivity index (χ3v) is 5.39. The summed E-state index contributed by atoms with van der Waals surface area (Å²) in [6.07, 6.45) is 0. The Hall–Kier alpha value is -3.26. The van der Waals surface area contributed by atoms with Crippen LogP contribution in [0.2, 0.25) is 0 Å². The Balaban J connectivity index is 1.74. The Kier molecular flexibility index (Phi) is 4.33. The zero-order valence-electron chi connectivity index (χ0n) is 14.6. The first-order valence-electron chi connectivity index (χ1n) is 8.13. The van der Waals surface area contributed by atoms with Crippen LogP contribution in [-0.4, -0.2) is 23.9 Å². The van der Waals surface area contributed by atoms with Gasteiger partial charge in [0, 0.05) is 21.7 Å². The Labute approximate surface area is 157 Å². The number of thiophene rings is 1. The van der Waals surface area contributed by atoms with Gasteiger partial charge in [0.25, 0.3) is 0 Å². The van der Waals surface area contributed by atoms with Gasteiger partial charge in [-0.3, -0.25) is 4.79 Å². The first-order chi connectivity index (χ1) is 13.1. The third-order valence-electron chi connectivity index (χ3n) is 4.23. The molecule has 0 fully saturated rings. The lowest BCUT2D eigenvalue weighted by Crippen LogP contribution is -2.39. The van der Waals surface area contributed by atoms with Gasteiger partial charge < -0.3 is 19.3 Å². The van der Waals surface area contributed by atoms with E-state index in [1.807, 2.05) is 24.3 Å². The van der Waals surface area contributed by atoms with Crippen LogP contribution in [0.5, 0.6) is 11.5 Å². The SMILES string of the molecule is COc1ccc(COn2c(=O)[nH]c3c(sc4ccccc43)c2=O)c(OC)c1. The molecule has 2 aromatic heterocycles. The predicted octanol–water partition coefficient (Wildman–Crippen LogP) is 2.55. The number of aromatic amines is 1. The molecule has 7 nitrogen and oxygen atoms in total. The van der Waals surface area contributed by atoms with E-state index in [-0.39, 0.29) is 6.61 Å². The zero-order valence-corrected chi connectivity index (χ0v) is 15.5. The summed E-state index contributed by atoms with van der Waals surface area (Å²) in [7, 11) is 3.09. The fraction of sp³-hybridized carbons (Fsp3) is 0.158. The minimum Gasteiger partial charge on any atom is -0.497 e. The Bertz CT molecular complexity index is 1250. The average Bonchev–Trinajstić information content (AvgIpc) is 3.06. The summed E-state index contributed by atoms with van der Waals surface area (Å²) in [4.78, 5) is 33.4. The van der Waals surface area contributed by atoms with Crippen molar-refractivity contribution in [2.24, 2.45) is 0 Å². The molecule has 27 heavy (non-hydrogen) atoms. The van der Waals surface area contributed by atoms with Crippen molar-refractivity contribution in [2.75, 3.05) is 14.2 Å². The number of rotatable bonds is 5. The molecular weight excluding hydrogens is 368 g/mol. The van der Waals surface area contributed by atoms with Gasteiger partial charge in [0.1, 0.15) is 22.8 Å². The second-order valence-electron chi connectivity index (χ2n) is 5.78. The van der Waals surface area contributed by atoms with E-state index in [2.05, 4.69) is 4.98 Å². The topological polar surface area (TPSA) is 82.5 Å². The van der Waals surface area contributed by atoms with E-state index in [1.54, 1.807) is 25.3 Å². The molecule has 0 saturated heterocycles. The number of hydrogen-bond acceptors (Lipinski definition) is 6. The lowest BCUT2D eigenvalue weighted by Gasteiger charge is -2.11. The summed E-state index contributed by atoms with van der Waals surface area (Å²) in [6.45, 7) is -0.00738. The van der Waals surface area contributed by atoms with Crippen LogP contribution in [0.4, 0.5) is 0 Å². The van der Waals surface area contributed by atoms with E-state index in [9.17, 15) is 9.59 Å². The van der Waals surface area contributed by atoms with Crippen molar-refractivity contribution in [3.05, 3.63) is 68.9 Å². The van der Waals surface area contributed by atoms with Gasteiger partial charge in [0.15, 0.2) is 0 Å². The molecule has 2 heterocycles. The lowest BCUT2D eigenvalue weighted by molar-refractivity contribution is 0.0793. The highest BCUT2D eigenvalue weighted by Crippen LogP contribution is 2.29. The standard InChI is InChI=1S/C19H16N2O5S/c1-24-12-8-7-11(14(9-12)25-2)10-26-21-18(22)17-16(20-19(21)23)13-5-3-4-6-15(13)27-17/h3-9H,10H2,1-2H3,(H,20,23). The number of H-pyrrole nitrogens is 1. The van der Waals surface area contributed by atoms with Gasteiger partial charge >= 0.3 is 11.2 Å². The van der Waals surface area contributed by atoms with Gasteiger partial charge in [-0.1, -0.05) is 22.9 Å². The normalized spacial score (nSPS) is 11.0. The number of hydrogen-bond donors (Lipinski definition) is 1. The second-order valence-corrected chi connectivity index (χ2v) is 6.84. The maximum atomic E-state index is 12.8. The number of fused-ring (bicyclic) bond motifs is 3. The molecule has 4 aromatic rings. The molecule has 0 unspecified atom stereocenters. The minimum absolute atomic E-state index is 0.00738. The van der Waals surface area contributed by atoms with E-state index >= 15 is 0 Å². The van der Waals surface area contributed by atoms with Crippen molar-refractivity contribution in [1.82, 2.24) is 9.71 Å². The fourth-order valence-electron chi connectivity index (χ4n) is 2.88. The molecule has 0 aliphatic heterocycles. The molecule has 0 radical (unpaired) electrons. The van der Waals surface area contributed by atoms with Crippen LogP contribution in [0.1, 0.15) is 5.56 Å². The first kappa shape index (κ1) is 17.2. The highest BCUT2D eigenvalue weighted by atomic mass is 32.1. The molecule has 0 bridgehead atoms. The molecule has 0 atom stereocenters. The number of aromatic nitrogens is 2. The molecule has 0 saturated carbocycles. The summed E-state index contributed by atoms with van der Waals surface area (Å²) in [5, 5.41) is 0.843. The molecule has 8 heteroatoms.